The molecule has 3 fully saturated rings. The first-order chi connectivity index (χ1) is 9.12. The van der Waals surface area contributed by atoms with Gasteiger partial charge in [0.2, 0.25) is 0 Å². The number of rotatable bonds is 3. The number of aliphatic hydroxyl groups is 1. The van der Waals surface area contributed by atoms with Crippen molar-refractivity contribution in [3.63, 3.8) is 0 Å². The van der Waals surface area contributed by atoms with E-state index in [9.17, 15) is 5.11 Å². The maximum atomic E-state index is 10.5. The van der Waals surface area contributed by atoms with Crippen LogP contribution in [-0.4, -0.2) is 48.2 Å². The standard InChI is InChI=1S/C15H27NO3/c1-12-15(17,7-9-18-12)11-16-13-4-8-19-14(10-13)5-2-3-6-14/h12-13,16-17H,2-11H2,1H3. The van der Waals surface area contributed by atoms with Crippen molar-refractivity contribution in [3.05, 3.63) is 0 Å². The van der Waals surface area contributed by atoms with Gasteiger partial charge in [-0.05, 0) is 32.6 Å². The molecule has 4 heteroatoms. The number of hydrogen-bond donors (Lipinski definition) is 2. The summed E-state index contributed by atoms with van der Waals surface area (Å²) < 4.78 is 11.5. The minimum Gasteiger partial charge on any atom is -0.386 e. The number of nitrogens with one attached hydrogen (secondary N) is 1. The second-order valence-electron chi connectivity index (χ2n) is 6.68. The van der Waals surface area contributed by atoms with E-state index in [1.807, 2.05) is 6.92 Å². The van der Waals surface area contributed by atoms with Crippen molar-refractivity contribution < 1.29 is 14.6 Å². The molecule has 0 bridgehead atoms. The molecule has 0 aromatic rings. The summed E-state index contributed by atoms with van der Waals surface area (Å²) in [5.74, 6) is 0. The van der Waals surface area contributed by atoms with Crippen molar-refractivity contribution in [1.29, 1.82) is 0 Å². The summed E-state index contributed by atoms with van der Waals surface area (Å²) in [6.07, 6.45) is 7.91. The Hall–Kier alpha value is -0.160. The molecular weight excluding hydrogens is 242 g/mol. The van der Waals surface area contributed by atoms with Gasteiger partial charge >= 0.3 is 0 Å². The Bertz CT molecular complexity index is 317. The summed E-state index contributed by atoms with van der Waals surface area (Å²) in [6, 6.07) is 0.490. The Morgan fingerprint density at radius 1 is 1.21 bits per heavy atom. The first-order valence-corrected chi connectivity index (χ1v) is 7.83. The van der Waals surface area contributed by atoms with Crippen molar-refractivity contribution in [2.24, 2.45) is 0 Å². The average molecular weight is 269 g/mol. The Balaban J connectivity index is 1.52. The average Bonchev–Trinajstić information content (AvgIpc) is 2.97. The molecule has 3 atom stereocenters. The van der Waals surface area contributed by atoms with E-state index in [0.717, 1.165) is 25.9 Å². The first-order valence-electron chi connectivity index (χ1n) is 7.83. The summed E-state index contributed by atoms with van der Waals surface area (Å²) in [7, 11) is 0. The van der Waals surface area contributed by atoms with E-state index in [-0.39, 0.29) is 11.7 Å². The predicted molar refractivity (Wildman–Crippen MR) is 73.2 cm³/mol. The highest BCUT2D eigenvalue weighted by Crippen LogP contribution is 2.40. The summed E-state index contributed by atoms with van der Waals surface area (Å²) in [5.41, 5.74) is -0.530. The van der Waals surface area contributed by atoms with Gasteiger partial charge in [0.25, 0.3) is 0 Å². The zero-order valence-corrected chi connectivity index (χ0v) is 12.0. The zero-order chi connectivity index (χ0) is 13.3. The third-order valence-electron chi connectivity index (χ3n) is 5.36. The summed E-state index contributed by atoms with van der Waals surface area (Å²) in [5, 5.41) is 14.1. The SMILES string of the molecule is CC1OCCC1(O)CNC1CCOC2(CCCC2)C1. The molecule has 2 N–H and O–H groups in total. The highest BCUT2D eigenvalue weighted by Gasteiger charge is 2.42. The van der Waals surface area contributed by atoms with Gasteiger partial charge in [-0.25, -0.2) is 0 Å². The minimum absolute atomic E-state index is 0.0553. The molecule has 2 saturated heterocycles. The lowest BCUT2D eigenvalue weighted by Gasteiger charge is -2.40. The molecule has 3 rings (SSSR count). The third kappa shape index (κ3) is 2.82. The van der Waals surface area contributed by atoms with Crippen molar-refractivity contribution >= 4 is 0 Å². The van der Waals surface area contributed by atoms with Crippen LogP contribution < -0.4 is 5.32 Å². The largest absolute Gasteiger partial charge is 0.386 e. The second kappa shape index (κ2) is 5.32. The van der Waals surface area contributed by atoms with Gasteiger partial charge in [0.05, 0.1) is 11.7 Å². The van der Waals surface area contributed by atoms with Crippen LogP contribution in [0.3, 0.4) is 0 Å². The Morgan fingerprint density at radius 2 is 2.00 bits per heavy atom. The normalized spacial score (nSPS) is 42.0. The predicted octanol–water partition coefficient (Wildman–Crippen LogP) is 1.61. The molecule has 2 heterocycles. The zero-order valence-electron chi connectivity index (χ0n) is 12.0. The molecule has 0 amide bonds. The van der Waals surface area contributed by atoms with Crippen LogP contribution in [0.1, 0.15) is 51.9 Å². The van der Waals surface area contributed by atoms with E-state index in [1.165, 1.54) is 25.7 Å². The summed E-state index contributed by atoms with van der Waals surface area (Å²) >= 11 is 0. The van der Waals surface area contributed by atoms with E-state index in [0.29, 0.717) is 19.2 Å². The lowest BCUT2D eigenvalue weighted by Crippen LogP contribution is -2.52. The van der Waals surface area contributed by atoms with Crippen LogP contribution in [0.25, 0.3) is 0 Å². The van der Waals surface area contributed by atoms with E-state index < -0.39 is 5.60 Å². The maximum absolute atomic E-state index is 10.5. The van der Waals surface area contributed by atoms with E-state index in [1.54, 1.807) is 0 Å². The minimum atomic E-state index is -0.679. The molecule has 1 saturated carbocycles. The Labute approximate surface area is 115 Å². The quantitative estimate of drug-likeness (QED) is 0.817. The van der Waals surface area contributed by atoms with Gasteiger partial charge in [-0.15, -0.1) is 0 Å². The van der Waals surface area contributed by atoms with Crippen molar-refractivity contribution in [1.82, 2.24) is 5.32 Å². The molecule has 2 aliphatic heterocycles. The summed E-state index contributed by atoms with van der Waals surface area (Å²) in [4.78, 5) is 0. The van der Waals surface area contributed by atoms with Crippen LogP contribution >= 0.6 is 0 Å². The lowest BCUT2D eigenvalue weighted by molar-refractivity contribution is -0.0880. The van der Waals surface area contributed by atoms with Crippen molar-refractivity contribution in [3.8, 4) is 0 Å². The van der Waals surface area contributed by atoms with Gasteiger partial charge < -0.3 is 19.9 Å². The van der Waals surface area contributed by atoms with Crippen LogP contribution in [0.4, 0.5) is 0 Å². The van der Waals surface area contributed by atoms with Gasteiger partial charge in [0.15, 0.2) is 0 Å². The smallest absolute Gasteiger partial charge is 0.105 e. The van der Waals surface area contributed by atoms with Crippen molar-refractivity contribution in [2.45, 2.75) is 75.2 Å². The number of hydrogen-bond acceptors (Lipinski definition) is 4. The van der Waals surface area contributed by atoms with Crippen LogP contribution in [0.5, 0.6) is 0 Å². The van der Waals surface area contributed by atoms with Gasteiger partial charge in [-0.1, -0.05) is 12.8 Å². The highest BCUT2D eigenvalue weighted by molar-refractivity contribution is 4.96. The molecular formula is C15H27NO3. The van der Waals surface area contributed by atoms with Crippen LogP contribution in [-0.2, 0) is 9.47 Å². The molecule has 0 radical (unpaired) electrons. The fraction of sp³-hybridized carbons (Fsp3) is 1.00. The lowest BCUT2D eigenvalue weighted by atomic mass is 9.88. The number of ether oxygens (including phenoxy) is 2. The molecule has 3 aliphatic rings. The third-order valence-corrected chi connectivity index (χ3v) is 5.36. The van der Waals surface area contributed by atoms with Gasteiger partial charge in [-0.2, -0.15) is 0 Å². The van der Waals surface area contributed by atoms with E-state index in [2.05, 4.69) is 5.32 Å². The van der Waals surface area contributed by atoms with Crippen LogP contribution in [0.2, 0.25) is 0 Å². The highest BCUT2D eigenvalue weighted by atomic mass is 16.5. The Morgan fingerprint density at radius 3 is 2.68 bits per heavy atom. The second-order valence-corrected chi connectivity index (χ2v) is 6.68. The molecule has 110 valence electrons. The molecule has 19 heavy (non-hydrogen) atoms. The molecule has 0 aromatic carbocycles. The van der Waals surface area contributed by atoms with E-state index >= 15 is 0 Å². The molecule has 3 unspecified atom stereocenters. The summed E-state index contributed by atoms with van der Waals surface area (Å²) in [6.45, 7) is 4.16. The topological polar surface area (TPSA) is 50.7 Å². The maximum Gasteiger partial charge on any atom is 0.105 e. The van der Waals surface area contributed by atoms with Crippen LogP contribution in [0.15, 0.2) is 0 Å². The fourth-order valence-electron chi connectivity index (χ4n) is 3.89. The molecule has 1 spiro atoms. The first kappa shape index (κ1) is 13.8. The molecule has 1 aliphatic carbocycles. The molecule has 4 nitrogen and oxygen atoms in total. The molecule has 0 aromatic heterocycles. The van der Waals surface area contributed by atoms with Gasteiger partial charge in [0.1, 0.15) is 5.60 Å². The van der Waals surface area contributed by atoms with Gasteiger partial charge in [0, 0.05) is 32.2 Å². The van der Waals surface area contributed by atoms with Crippen LogP contribution in [0, 0.1) is 0 Å². The Kier molecular flexibility index (Phi) is 3.87. The fourth-order valence-corrected chi connectivity index (χ4v) is 3.89. The van der Waals surface area contributed by atoms with Crippen molar-refractivity contribution in [2.75, 3.05) is 19.8 Å². The monoisotopic (exact) mass is 269 g/mol. The van der Waals surface area contributed by atoms with Gasteiger partial charge in [-0.3, -0.25) is 0 Å². The van der Waals surface area contributed by atoms with E-state index in [4.69, 9.17) is 9.47 Å².